The van der Waals surface area contributed by atoms with Crippen LogP contribution in [0.4, 0.5) is 4.39 Å². The lowest BCUT2D eigenvalue weighted by Gasteiger charge is -2.23. The van der Waals surface area contributed by atoms with Crippen LogP contribution in [0, 0.1) is 5.82 Å². The van der Waals surface area contributed by atoms with Gasteiger partial charge >= 0.3 is 5.97 Å². The number of carbonyl (C=O) groups excluding carboxylic acids is 2. The first-order valence-corrected chi connectivity index (χ1v) is 9.33. The fourth-order valence-electron chi connectivity index (χ4n) is 2.89. The summed E-state index contributed by atoms with van der Waals surface area (Å²) in [6.07, 6.45) is 0.135. The number of nitrogens with zero attached hydrogens (tertiary/aromatic N) is 1. The van der Waals surface area contributed by atoms with Crippen molar-refractivity contribution in [2.45, 2.75) is 51.5 Å². The lowest BCUT2D eigenvalue weighted by molar-refractivity contribution is -0.169. The van der Waals surface area contributed by atoms with E-state index in [1.165, 1.54) is 31.1 Å². The highest BCUT2D eigenvalue weighted by atomic mass is 19.1. The summed E-state index contributed by atoms with van der Waals surface area (Å²) in [6.45, 7) is 4.29. The minimum absolute atomic E-state index is 0.00494. The Kier molecular flexibility index (Phi) is 8.19. The molecule has 1 aromatic rings. The number of carbonyl (C=O) groups is 2. The van der Waals surface area contributed by atoms with Crippen molar-refractivity contribution in [3.63, 3.8) is 0 Å². The monoisotopic (exact) mass is 397 g/mol. The molecule has 0 N–H and O–H groups in total. The molecule has 1 aliphatic heterocycles. The van der Waals surface area contributed by atoms with Crippen LogP contribution in [0.2, 0.25) is 0 Å². The van der Waals surface area contributed by atoms with Crippen molar-refractivity contribution in [2.75, 3.05) is 27.4 Å². The van der Waals surface area contributed by atoms with Gasteiger partial charge in [0.1, 0.15) is 0 Å². The molecule has 3 atom stereocenters. The quantitative estimate of drug-likeness (QED) is 0.596. The van der Waals surface area contributed by atoms with Crippen LogP contribution in [0.1, 0.15) is 32.3 Å². The van der Waals surface area contributed by atoms with Gasteiger partial charge in [0.15, 0.2) is 23.8 Å². The Morgan fingerprint density at radius 1 is 1.32 bits per heavy atom. The normalized spacial score (nSPS) is 18.4. The Hall–Kier alpha value is -2.19. The number of methoxy groups -OCH3 is 1. The average molecular weight is 397 g/mol. The second kappa shape index (κ2) is 10.4. The summed E-state index contributed by atoms with van der Waals surface area (Å²) < 4.78 is 34.8. The zero-order valence-corrected chi connectivity index (χ0v) is 16.8. The highest BCUT2D eigenvalue weighted by molar-refractivity contribution is 5.84. The van der Waals surface area contributed by atoms with Crippen LogP contribution in [0.3, 0.4) is 0 Å². The van der Waals surface area contributed by atoms with Crippen molar-refractivity contribution in [2.24, 2.45) is 0 Å². The second-order valence-electron chi connectivity index (χ2n) is 6.85. The van der Waals surface area contributed by atoms with E-state index in [1.807, 2.05) is 0 Å². The van der Waals surface area contributed by atoms with Crippen molar-refractivity contribution in [1.82, 2.24) is 4.90 Å². The number of hydrogen-bond acceptors (Lipinski definition) is 6. The molecule has 1 aliphatic rings. The third-order valence-electron chi connectivity index (χ3n) is 4.54. The smallest absolute Gasteiger partial charge is 0.335 e. The van der Waals surface area contributed by atoms with Gasteiger partial charge in [0.25, 0.3) is 5.91 Å². The molecule has 1 heterocycles. The van der Waals surface area contributed by atoms with E-state index in [4.69, 9.17) is 18.9 Å². The maximum atomic E-state index is 13.8. The molecule has 8 heteroatoms. The largest absolute Gasteiger partial charge is 0.494 e. The molecule has 0 radical (unpaired) electrons. The number of amides is 1. The summed E-state index contributed by atoms with van der Waals surface area (Å²) in [7, 11) is 2.95. The Labute approximate surface area is 164 Å². The van der Waals surface area contributed by atoms with Crippen LogP contribution in [-0.4, -0.2) is 62.5 Å². The van der Waals surface area contributed by atoms with E-state index < -0.39 is 29.9 Å². The minimum atomic E-state index is -0.977. The number of rotatable bonds is 9. The molecule has 1 saturated heterocycles. The van der Waals surface area contributed by atoms with Gasteiger partial charge in [-0.15, -0.1) is 0 Å². The minimum Gasteiger partial charge on any atom is -0.494 e. The standard InChI is InChI=1S/C20H28FNO6/c1-13(28-20(24)14(2)27-12-16-6-5-9-26-16)19(23)22(3)11-15-7-8-18(25-4)17(21)10-15/h7-8,10,13-14,16H,5-6,9,11-12H2,1-4H3. The van der Waals surface area contributed by atoms with Crippen molar-refractivity contribution < 1.29 is 32.9 Å². The van der Waals surface area contributed by atoms with E-state index in [2.05, 4.69) is 0 Å². The lowest BCUT2D eigenvalue weighted by atomic mass is 10.2. The zero-order chi connectivity index (χ0) is 20.7. The Balaban J connectivity index is 1.81. The van der Waals surface area contributed by atoms with Gasteiger partial charge in [0.05, 0.1) is 19.8 Å². The third kappa shape index (κ3) is 6.17. The van der Waals surface area contributed by atoms with Crippen LogP contribution in [-0.2, 0) is 30.3 Å². The van der Waals surface area contributed by atoms with Crippen molar-refractivity contribution in [3.8, 4) is 5.75 Å². The van der Waals surface area contributed by atoms with E-state index >= 15 is 0 Å². The van der Waals surface area contributed by atoms with E-state index in [0.29, 0.717) is 18.8 Å². The lowest BCUT2D eigenvalue weighted by Crippen LogP contribution is -2.39. The third-order valence-corrected chi connectivity index (χ3v) is 4.54. The number of likely N-dealkylation sites (N-methyl/N-ethyl adjacent to an activating group) is 1. The van der Waals surface area contributed by atoms with Gasteiger partial charge in [-0.3, -0.25) is 4.79 Å². The molecule has 28 heavy (non-hydrogen) atoms. The summed E-state index contributed by atoms with van der Waals surface area (Å²) in [5.74, 6) is -1.37. The SMILES string of the molecule is COc1ccc(CN(C)C(=O)C(C)OC(=O)C(C)OCC2CCCO2)cc1F. The summed E-state index contributed by atoms with van der Waals surface area (Å²) in [6, 6.07) is 4.48. The molecule has 0 spiro atoms. The summed E-state index contributed by atoms with van der Waals surface area (Å²) in [5.41, 5.74) is 0.598. The molecular formula is C20H28FNO6. The summed E-state index contributed by atoms with van der Waals surface area (Å²) in [5, 5.41) is 0. The molecule has 0 aliphatic carbocycles. The van der Waals surface area contributed by atoms with Crippen LogP contribution in [0.25, 0.3) is 0 Å². The zero-order valence-electron chi connectivity index (χ0n) is 16.8. The first-order chi connectivity index (χ1) is 13.3. The van der Waals surface area contributed by atoms with Crippen LogP contribution >= 0.6 is 0 Å². The van der Waals surface area contributed by atoms with Crippen molar-refractivity contribution >= 4 is 11.9 Å². The molecule has 1 amide bonds. The predicted octanol–water partition coefficient (Wildman–Crippen LogP) is 2.31. The molecule has 1 fully saturated rings. The molecule has 0 aromatic heterocycles. The Morgan fingerprint density at radius 2 is 2.07 bits per heavy atom. The van der Waals surface area contributed by atoms with Gasteiger partial charge in [-0.2, -0.15) is 0 Å². The number of esters is 1. The molecule has 2 rings (SSSR count). The van der Waals surface area contributed by atoms with Crippen LogP contribution in [0.5, 0.6) is 5.75 Å². The first-order valence-electron chi connectivity index (χ1n) is 9.33. The average Bonchev–Trinajstić information content (AvgIpc) is 3.19. The van der Waals surface area contributed by atoms with E-state index in [-0.39, 0.29) is 18.4 Å². The van der Waals surface area contributed by atoms with Gasteiger partial charge < -0.3 is 23.8 Å². The molecule has 0 saturated carbocycles. The number of halogens is 1. The topological polar surface area (TPSA) is 74.3 Å². The molecule has 3 unspecified atom stereocenters. The predicted molar refractivity (Wildman–Crippen MR) is 99.4 cm³/mol. The number of ether oxygens (including phenoxy) is 4. The Morgan fingerprint density at radius 3 is 2.68 bits per heavy atom. The number of hydrogen-bond donors (Lipinski definition) is 0. The summed E-state index contributed by atoms with van der Waals surface area (Å²) >= 11 is 0. The fraction of sp³-hybridized carbons (Fsp3) is 0.600. The highest BCUT2D eigenvalue weighted by Gasteiger charge is 2.26. The molecule has 7 nitrogen and oxygen atoms in total. The molecular weight excluding hydrogens is 369 g/mol. The number of benzene rings is 1. The summed E-state index contributed by atoms with van der Waals surface area (Å²) in [4.78, 5) is 26.0. The maximum Gasteiger partial charge on any atom is 0.335 e. The molecule has 0 bridgehead atoms. The van der Waals surface area contributed by atoms with Gasteiger partial charge in [0.2, 0.25) is 0 Å². The van der Waals surface area contributed by atoms with Gasteiger partial charge in [-0.05, 0) is 44.4 Å². The maximum absolute atomic E-state index is 13.8. The van der Waals surface area contributed by atoms with E-state index in [1.54, 1.807) is 20.0 Å². The van der Waals surface area contributed by atoms with Crippen molar-refractivity contribution in [3.05, 3.63) is 29.6 Å². The van der Waals surface area contributed by atoms with Gasteiger partial charge in [-0.25, -0.2) is 9.18 Å². The van der Waals surface area contributed by atoms with Crippen LogP contribution < -0.4 is 4.74 Å². The van der Waals surface area contributed by atoms with Crippen LogP contribution in [0.15, 0.2) is 18.2 Å². The van der Waals surface area contributed by atoms with E-state index in [0.717, 1.165) is 12.8 Å². The highest BCUT2D eigenvalue weighted by Crippen LogP contribution is 2.19. The molecule has 1 aromatic carbocycles. The molecule has 156 valence electrons. The fourth-order valence-corrected chi connectivity index (χ4v) is 2.89. The van der Waals surface area contributed by atoms with Gasteiger partial charge in [-0.1, -0.05) is 6.07 Å². The van der Waals surface area contributed by atoms with Crippen molar-refractivity contribution in [1.29, 1.82) is 0 Å². The first kappa shape index (κ1) is 22.1. The Bertz CT molecular complexity index is 677. The van der Waals surface area contributed by atoms with Gasteiger partial charge in [0, 0.05) is 20.2 Å². The van der Waals surface area contributed by atoms with E-state index in [9.17, 15) is 14.0 Å². The second-order valence-corrected chi connectivity index (χ2v) is 6.85.